The monoisotopic (exact) mass is 458 g/mol. The second-order valence-electron chi connectivity index (χ2n) is 7.55. The fourth-order valence-corrected chi connectivity index (χ4v) is 3.92. The van der Waals surface area contributed by atoms with Gasteiger partial charge < -0.3 is 24.5 Å². The summed E-state index contributed by atoms with van der Waals surface area (Å²) in [6.07, 6.45) is 4.79. The number of furan rings is 1. The third-order valence-corrected chi connectivity index (χ3v) is 5.49. The lowest BCUT2D eigenvalue weighted by molar-refractivity contribution is -0.113. The van der Waals surface area contributed by atoms with Crippen LogP contribution in [-0.2, 0) is 4.79 Å². The van der Waals surface area contributed by atoms with Crippen molar-refractivity contribution in [2.45, 2.75) is 13.0 Å². The minimum absolute atomic E-state index is 0.304. The SMILES string of the molecule is COc1ccc(C2C(C(=O)Nc3cccnc3)=C(C)Nc3nc(-c4ccco4)nn32)c(OC)c1. The molecule has 0 saturated carbocycles. The number of anilines is 2. The van der Waals surface area contributed by atoms with E-state index in [0.717, 1.165) is 5.56 Å². The number of allylic oxidation sites excluding steroid dienone is 1. The molecule has 1 aliphatic rings. The van der Waals surface area contributed by atoms with Gasteiger partial charge in [-0.1, -0.05) is 0 Å². The predicted octanol–water partition coefficient (Wildman–Crippen LogP) is 3.88. The molecule has 1 atom stereocenters. The minimum Gasteiger partial charge on any atom is -0.497 e. The lowest BCUT2D eigenvalue weighted by Crippen LogP contribution is -2.31. The number of aromatic nitrogens is 4. The van der Waals surface area contributed by atoms with Crippen molar-refractivity contribution in [3.05, 3.63) is 78.0 Å². The molecule has 34 heavy (non-hydrogen) atoms. The van der Waals surface area contributed by atoms with Gasteiger partial charge in [-0.25, -0.2) is 4.68 Å². The zero-order valence-electron chi connectivity index (χ0n) is 18.8. The van der Waals surface area contributed by atoms with Crippen LogP contribution in [0.1, 0.15) is 18.5 Å². The Kier molecular flexibility index (Phi) is 5.46. The summed E-state index contributed by atoms with van der Waals surface area (Å²) in [5, 5.41) is 10.8. The van der Waals surface area contributed by atoms with Crippen LogP contribution in [0.15, 0.2) is 76.8 Å². The topological polar surface area (TPSA) is 116 Å². The number of carbonyl (C=O) groups is 1. The number of pyridine rings is 1. The van der Waals surface area contributed by atoms with Gasteiger partial charge in [0.05, 0.1) is 37.9 Å². The van der Waals surface area contributed by atoms with Crippen molar-refractivity contribution >= 4 is 17.5 Å². The molecular formula is C24H22N6O4. The van der Waals surface area contributed by atoms with Gasteiger partial charge in [0.25, 0.3) is 5.91 Å². The van der Waals surface area contributed by atoms with Crippen LogP contribution in [0.3, 0.4) is 0 Å². The maximum absolute atomic E-state index is 13.5. The highest BCUT2D eigenvalue weighted by molar-refractivity contribution is 6.06. The van der Waals surface area contributed by atoms with E-state index in [9.17, 15) is 4.79 Å². The lowest BCUT2D eigenvalue weighted by Gasteiger charge is -2.29. The number of carbonyl (C=O) groups excluding carboxylic acids is 1. The summed E-state index contributed by atoms with van der Waals surface area (Å²) in [4.78, 5) is 22.2. The minimum atomic E-state index is -0.634. The van der Waals surface area contributed by atoms with Gasteiger partial charge in [-0.05, 0) is 43.3 Å². The first kappa shape index (κ1) is 21.3. The van der Waals surface area contributed by atoms with Crippen molar-refractivity contribution in [3.63, 3.8) is 0 Å². The highest BCUT2D eigenvalue weighted by atomic mass is 16.5. The van der Waals surface area contributed by atoms with Gasteiger partial charge in [0, 0.05) is 23.5 Å². The molecule has 10 nitrogen and oxygen atoms in total. The molecule has 4 aromatic rings. The first-order valence-electron chi connectivity index (χ1n) is 10.5. The van der Waals surface area contributed by atoms with E-state index in [1.165, 1.54) is 0 Å². The number of hydrogen-bond donors (Lipinski definition) is 2. The summed E-state index contributed by atoms with van der Waals surface area (Å²) in [6.45, 7) is 1.83. The number of nitrogens with one attached hydrogen (secondary N) is 2. The first-order valence-corrected chi connectivity index (χ1v) is 10.5. The number of methoxy groups -OCH3 is 2. The van der Waals surface area contributed by atoms with Gasteiger partial charge in [-0.3, -0.25) is 9.78 Å². The molecule has 0 bridgehead atoms. The second kappa shape index (κ2) is 8.74. The third kappa shape index (κ3) is 3.75. The van der Waals surface area contributed by atoms with E-state index in [1.807, 2.05) is 19.1 Å². The molecule has 1 unspecified atom stereocenters. The van der Waals surface area contributed by atoms with Crippen molar-refractivity contribution in [2.24, 2.45) is 0 Å². The second-order valence-corrected chi connectivity index (χ2v) is 7.55. The van der Waals surface area contributed by atoms with Gasteiger partial charge in [-0.15, -0.1) is 5.10 Å². The Morgan fingerprint density at radius 2 is 2.06 bits per heavy atom. The standard InChI is InChI=1S/C24H22N6O4/c1-14-20(23(31)27-15-6-4-10-25-13-15)21(17-9-8-16(32-2)12-19(17)33-3)30-24(26-14)28-22(29-30)18-7-5-11-34-18/h4-13,21H,1-3H3,(H,27,31)(H,26,28,29). The number of fused-ring (bicyclic) bond motifs is 1. The van der Waals surface area contributed by atoms with Crippen LogP contribution in [0, 0.1) is 0 Å². The van der Waals surface area contributed by atoms with Crippen molar-refractivity contribution < 1.29 is 18.7 Å². The van der Waals surface area contributed by atoms with E-state index >= 15 is 0 Å². The lowest BCUT2D eigenvalue weighted by atomic mass is 9.94. The van der Waals surface area contributed by atoms with Gasteiger partial charge in [0.2, 0.25) is 11.8 Å². The summed E-state index contributed by atoms with van der Waals surface area (Å²) in [5.41, 5.74) is 2.39. The first-order chi connectivity index (χ1) is 16.6. The molecule has 10 heteroatoms. The molecule has 4 heterocycles. The number of hydrogen-bond acceptors (Lipinski definition) is 8. The van der Waals surface area contributed by atoms with Gasteiger partial charge in [0.15, 0.2) is 5.76 Å². The quantitative estimate of drug-likeness (QED) is 0.447. The molecule has 3 aromatic heterocycles. The Balaban J connectivity index is 1.65. The van der Waals surface area contributed by atoms with Crippen LogP contribution >= 0.6 is 0 Å². The van der Waals surface area contributed by atoms with E-state index in [4.69, 9.17) is 13.9 Å². The molecule has 0 fully saturated rings. The van der Waals surface area contributed by atoms with Crippen LogP contribution in [0.5, 0.6) is 11.5 Å². The van der Waals surface area contributed by atoms with E-state index in [2.05, 4.69) is 25.7 Å². The average Bonchev–Trinajstić information content (AvgIpc) is 3.53. The number of ether oxygens (including phenoxy) is 2. The fourth-order valence-electron chi connectivity index (χ4n) is 3.92. The fraction of sp³-hybridized carbons (Fsp3) is 0.167. The Morgan fingerprint density at radius 3 is 2.76 bits per heavy atom. The average molecular weight is 458 g/mol. The van der Waals surface area contributed by atoms with Crippen LogP contribution in [0.25, 0.3) is 11.6 Å². The van der Waals surface area contributed by atoms with E-state index in [-0.39, 0.29) is 5.91 Å². The summed E-state index contributed by atoms with van der Waals surface area (Å²) in [7, 11) is 3.16. The maximum atomic E-state index is 13.5. The molecule has 1 aliphatic heterocycles. The third-order valence-electron chi connectivity index (χ3n) is 5.49. The zero-order chi connectivity index (χ0) is 23.7. The molecule has 0 aliphatic carbocycles. The van der Waals surface area contributed by atoms with Gasteiger partial charge >= 0.3 is 0 Å². The maximum Gasteiger partial charge on any atom is 0.255 e. The molecule has 172 valence electrons. The predicted molar refractivity (Wildman–Crippen MR) is 125 cm³/mol. The van der Waals surface area contributed by atoms with Crippen molar-refractivity contribution in [3.8, 4) is 23.1 Å². The summed E-state index contributed by atoms with van der Waals surface area (Å²) in [5.74, 6) is 2.26. The van der Waals surface area contributed by atoms with Gasteiger partial charge in [0.1, 0.15) is 17.5 Å². The van der Waals surface area contributed by atoms with Crippen molar-refractivity contribution in [1.82, 2.24) is 19.7 Å². The number of nitrogens with zero attached hydrogens (tertiary/aromatic N) is 4. The Labute approximate surface area is 195 Å². The summed E-state index contributed by atoms with van der Waals surface area (Å²) < 4.78 is 18.2. The Bertz CT molecular complexity index is 1360. The molecule has 1 aromatic carbocycles. The van der Waals surface area contributed by atoms with Crippen LogP contribution < -0.4 is 20.1 Å². The Hall–Kier alpha value is -4.60. The molecule has 2 N–H and O–H groups in total. The van der Waals surface area contributed by atoms with Crippen LogP contribution in [0.4, 0.5) is 11.6 Å². The van der Waals surface area contributed by atoms with Crippen molar-refractivity contribution in [2.75, 3.05) is 24.9 Å². The molecule has 1 amide bonds. The normalized spacial score (nSPS) is 14.9. The molecule has 0 saturated heterocycles. The summed E-state index contributed by atoms with van der Waals surface area (Å²) in [6, 6.07) is 11.9. The van der Waals surface area contributed by atoms with E-state index in [1.54, 1.807) is 67.9 Å². The highest BCUT2D eigenvalue weighted by Crippen LogP contribution is 2.41. The zero-order valence-corrected chi connectivity index (χ0v) is 18.8. The molecule has 0 radical (unpaired) electrons. The van der Waals surface area contributed by atoms with Crippen LogP contribution in [-0.4, -0.2) is 39.9 Å². The number of benzene rings is 1. The molecular weight excluding hydrogens is 436 g/mol. The number of amides is 1. The highest BCUT2D eigenvalue weighted by Gasteiger charge is 2.36. The van der Waals surface area contributed by atoms with Crippen LogP contribution in [0.2, 0.25) is 0 Å². The largest absolute Gasteiger partial charge is 0.497 e. The number of rotatable bonds is 6. The molecule has 0 spiro atoms. The van der Waals surface area contributed by atoms with Gasteiger partial charge in [-0.2, -0.15) is 4.98 Å². The Morgan fingerprint density at radius 1 is 1.18 bits per heavy atom. The van der Waals surface area contributed by atoms with E-state index < -0.39 is 6.04 Å². The molecule has 5 rings (SSSR count). The van der Waals surface area contributed by atoms with E-state index in [0.29, 0.717) is 46.0 Å². The smallest absolute Gasteiger partial charge is 0.255 e. The van der Waals surface area contributed by atoms with Crippen molar-refractivity contribution in [1.29, 1.82) is 0 Å². The summed E-state index contributed by atoms with van der Waals surface area (Å²) >= 11 is 0.